The summed E-state index contributed by atoms with van der Waals surface area (Å²) < 4.78 is 10.6. The molecule has 6 nitrogen and oxygen atoms in total. The van der Waals surface area contributed by atoms with Gasteiger partial charge in [0.25, 0.3) is 5.91 Å². The molecule has 1 aliphatic heterocycles. The van der Waals surface area contributed by atoms with Crippen LogP contribution in [0.4, 0.5) is 5.69 Å². The van der Waals surface area contributed by atoms with E-state index in [0.29, 0.717) is 17.2 Å². The fourth-order valence-corrected chi connectivity index (χ4v) is 3.15. The van der Waals surface area contributed by atoms with Gasteiger partial charge in [-0.1, -0.05) is 60.7 Å². The number of carbonyl (C=O) groups excluding carboxylic acids is 1. The van der Waals surface area contributed by atoms with Gasteiger partial charge in [-0.3, -0.25) is 4.79 Å². The van der Waals surface area contributed by atoms with E-state index in [9.17, 15) is 10.1 Å². The lowest BCUT2D eigenvalue weighted by molar-refractivity contribution is -0.117. The number of nitrogens with zero attached hydrogens (tertiary/aromatic N) is 1. The number of hydrogen-bond acceptors (Lipinski definition) is 5. The van der Waals surface area contributed by atoms with Crippen LogP contribution in [0.3, 0.4) is 0 Å². The average molecular weight is 397 g/mol. The lowest BCUT2D eigenvalue weighted by Crippen LogP contribution is -2.30. The molecule has 0 spiro atoms. The van der Waals surface area contributed by atoms with Crippen molar-refractivity contribution >= 4 is 11.6 Å². The molecule has 1 aliphatic rings. The molecule has 1 amide bonds. The summed E-state index contributed by atoms with van der Waals surface area (Å²) in [7, 11) is 0. The fraction of sp³-hybridized carbons (Fsp3) is 0.0833. The molecule has 148 valence electrons. The second-order valence-corrected chi connectivity index (χ2v) is 6.61. The molecule has 30 heavy (non-hydrogen) atoms. The fourth-order valence-electron chi connectivity index (χ4n) is 3.15. The highest BCUT2D eigenvalue weighted by atomic mass is 16.7. The minimum Gasteiger partial charge on any atom is -0.454 e. The van der Waals surface area contributed by atoms with Crippen LogP contribution in [-0.4, -0.2) is 12.7 Å². The SMILES string of the molecule is N#C/C(=C/Nc1ccc2c(c1)OCO2)C(=O)NC(c1ccccc1)c1ccccc1. The highest BCUT2D eigenvalue weighted by Crippen LogP contribution is 2.34. The van der Waals surface area contributed by atoms with Crippen molar-refractivity contribution in [2.24, 2.45) is 0 Å². The van der Waals surface area contributed by atoms with E-state index in [1.165, 1.54) is 6.20 Å². The van der Waals surface area contributed by atoms with Crippen molar-refractivity contribution < 1.29 is 14.3 Å². The Balaban J connectivity index is 1.53. The Kier molecular flexibility index (Phi) is 5.63. The van der Waals surface area contributed by atoms with E-state index in [1.54, 1.807) is 18.2 Å². The second kappa shape index (κ2) is 8.84. The Morgan fingerprint density at radius 1 is 0.933 bits per heavy atom. The van der Waals surface area contributed by atoms with Gasteiger partial charge in [-0.15, -0.1) is 0 Å². The summed E-state index contributed by atoms with van der Waals surface area (Å²) in [6, 6.07) is 26.2. The van der Waals surface area contributed by atoms with E-state index in [1.807, 2.05) is 66.7 Å². The van der Waals surface area contributed by atoms with E-state index < -0.39 is 5.91 Å². The lowest BCUT2D eigenvalue weighted by atomic mass is 9.98. The van der Waals surface area contributed by atoms with E-state index in [0.717, 1.165) is 11.1 Å². The molecule has 0 fully saturated rings. The standard InChI is InChI=1S/C24H19N3O3/c25-14-19(15-26-20-11-12-21-22(13-20)30-16-29-21)24(28)27-23(17-7-3-1-4-8-17)18-9-5-2-6-10-18/h1-13,15,23,26H,16H2,(H,27,28)/b19-15-. The smallest absolute Gasteiger partial charge is 0.264 e. The molecule has 3 aromatic rings. The predicted octanol–water partition coefficient (Wildman–Crippen LogP) is 4.14. The number of benzene rings is 3. The van der Waals surface area contributed by atoms with Crippen LogP contribution >= 0.6 is 0 Å². The monoisotopic (exact) mass is 397 g/mol. The van der Waals surface area contributed by atoms with Crippen LogP contribution in [0, 0.1) is 11.3 Å². The molecular formula is C24H19N3O3. The number of fused-ring (bicyclic) bond motifs is 1. The zero-order chi connectivity index (χ0) is 20.8. The zero-order valence-electron chi connectivity index (χ0n) is 16.0. The van der Waals surface area contributed by atoms with Crippen molar-refractivity contribution in [3.05, 3.63) is 102 Å². The number of rotatable bonds is 6. The third kappa shape index (κ3) is 4.26. The van der Waals surface area contributed by atoms with Crippen molar-refractivity contribution in [1.29, 1.82) is 5.26 Å². The summed E-state index contributed by atoms with van der Waals surface area (Å²) in [5, 5.41) is 15.5. The van der Waals surface area contributed by atoms with Crippen LogP contribution in [-0.2, 0) is 4.79 Å². The maximum absolute atomic E-state index is 12.9. The first-order valence-electron chi connectivity index (χ1n) is 9.42. The van der Waals surface area contributed by atoms with Crippen molar-refractivity contribution in [3.8, 4) is 17.6 Å². The number of hydrogen-bond donors (Lipinski definition) is 2. The van der Waals surface area contributed by atoms with Crippen molar-refractivity contribution in [2.45, 2.75) is 6.04 Å². The number of carbonyl (C=O) groups is 1. The predicted molar refractivity (Wildman–Crippen MR) is 113 cm³/mol. The first kappa shape index (κ1) is 19.1. The van der Waals surface area contributed by atoms with Crippen LogP contribution in [0.1, 0.15) is 17.2 Å². The molecule has 4 rings (SSSR count). The molecule has 0 bridgehead atoms. The van der Waals surface area contributed by atoms with Gasteiger partial charge in [-0.2, -0.15) is 5.26 Å². The number of anilines is 1. The van der Waals surface area contributed by atoms with E-state index in [4.69, 9.17) is 9.47 Å². The van der Waals surface area contributed by atoms with Gasteiger partial charge < -0.3 is 20.1 Å². The Morgan fingerprint density at radius 2 is 1.57 bits per heavy atom. The van der Waals surface area contributed by atoms with Gasteiger partial charge in [-0.25, -0.2) is 0 Å². The van der Waals surface area contributed by atoms with E-state index in [-0.39, 0.29) is 18.4 Å². The summed E-state index contributed by atoms with van der Waals surface area (Å²) in [6.07, 6.45) is 1.39. The van der Waals surface area contributed by atoms with E-state index in [2.05, 4.69) is 10.6 Å². The maximum atomic E-state index is 12.9. The Bertz CT molecular complexity index is 1070. The van der Waals surface area contributed by atoms with Gasteiger partial charge in [0.1, 0.15) is 11.6 Å². The summed E-state index contributed by atoms with van der Waals surface area (Å²) >= 11 is 0. The largest absolute Gasteiger partial charge is 0.454 e. The molecule has 6 heteroatoms. The quantitative estimate of drug-likeness (QED) is 0.482. The summed E-state index contributed by atoms with van der Waals surface area (Å²) in [5.74, 6) is 0.810. The number of ether oxygens (including phenoxy) is 2. The molecule has 0 saturated heterocycles. The third-order valence-electron chi connectivity index (χ3n) is 4.66. The molecule has 0 aromatic heterocycles. The number of nitriles is 1. The molecule has 0 aliphatic carbocycles. The van der Waals surface area contributed by atoms with Crippen LogP contribution in [0.15, 0.2) is 90.6 Å². The normalized spacial score (nSPS) is 12.3. The van der Waals surface area contributed by atoms with Gasteiger partial charge in [0.2, 0.25) is 6.79 Å². The summed E-state index contributed by atoms with van der Waals surface area (Å²) in [5.41, 5.74) is 2.50. The van der Waals surface area contributed by atoms with E-state index >= 15 is 0 Å². The van der Waals surface area contributed by atoms with Gasteiger partial charge >= 0.3 is 0 Å². The Morgan fingerprint density at radius 3 is 2.20 bits per heavy atom. The highest BCUT2D eigenvalue weighted by molar-refractivity contribution is 5.98. The van der Waals surface area contributed by atoms with Gasteiger partial charge in [0.15, 0.2) is 11.5 Å². The Hall–Kier alpha value is -4.24. The molecule has 2 N–H and O–H groups in total. The first-order chi connectivity index (χ1) is 14.7. The minimum atomic E-state index is -0.469. The maximum Gasteiger partial charge on any atom is 0.264 e. The van der Waals surface area contributed by atoms with Crippen LogP contribution in [0.25, 0.3) is 0 Å². The molecular weight excluding hydrogens is 378 g/mol. The van der Waals surface area contributed by atoms with Gasteiger partial charge in [-0.05, 0) is 23.3 Å². The van der Waals surface area contributed by atoms with Gasteiger partial charge in [0, 0.05) is 18.0 Å². The first-order valence-corrected chi connectivity index (χ1v) is 9.42. The van der Waals surface area contributed by atoms with Crippen molar-refractivity contribution in [1.82, 2.24) is 5.32 Å². The molecule has 0 saturated carbocycles. The van der Waals surface area contributed by atoms with Crippen LogP contribution in [0.2, 0.25) is 0 Å². The molecule has 0 radical (unpaired) electrons. The number of nitrogens with one attached hydrogen (secondary N) is 2. The average Bonchev–Trinajstić information content (AvgIpc) is 3.27. The van der Waals surface area contributed by atoms with Gasteiger partial charge in [0.05, 0.1) is 6.04 Å². The van der Waals surface area contributed by atoms with Crippen LogP contribution in [0.5, 0.6) is 11.5 Å². The molecule has 1 heterocycles. The summed E-state index contributed by atoms with van der Waals surface area (Å²) in [6.45, 7) is 0.181. The molecule has 0 unspecified atom stereocenters. The topological polar surface area (TPSA) is 83.4 Å². The lowest BCUT2D eigenvalue weighted by Gasteiger charge is -2.19. The second-order valence-electron chi connectivity index (χ2n) is 6.61. The van der Waals surface area contributed by atoms with Crippen molar-refractivity contribution in [3.63, 3.8) is 0 Å². The minimum absolute atomic E-state index is 0.0375. The summed E-state index contributed by atoms with van der Waals surface area (Å²) in [4.78, 5) is 12.9. The van der Waals surface area contributed by atoms with Crippen molar-refractivity contribution in [2.75, 3.05) is 12.1 Å². The third-order valence-corrected chi connectivity index (χ3v) is 4.66. The molecule has 0 atom stereocenters. The van der Waals surface area contributed by atoms with Crippen LogP contribution < -0.4 is 20.1 Å². The Labute approximate surface area is 174 Å². The zero-order valence-corrected chi connectivity index (χ0v) is 16.0. The number of amides is 1. The molecule has 3 aromatic carbocycles. The highest BCUT2D eigenvalue weighted by Gasteiger charge is 2.19.